The molecule has 0 spiro atoms. The molecule has 1 aromatic heterocycles. The number of aromatic nitrogens is 1. The van der Waals surface area contributed by atoms with Crippen LogP contribution < -0.4 is 0 Å². The zero-order valence-corrected chi connectivity index (χ0v) is 12.1. The Labute approximate surface area is 115 Å². The molecule has 0 aliphatic carbocycles. The Hall–Kier alpha value is -1.29. The van der Waals surface area contributed by atoms with Crippen LogP contribution in [0.2, 0.25) is 0 Å². The fourth-order valence-electron chi connectivity index (χ4n) is 2.56. The third kappa shape index (κ3) is 3.60. The Bertz CT molecular complexity index is 426. The first-order chi connectivity index (χ1) is 9.10. The van der Waals surface area contributed by atoms with Crippen LogP contribution in [0.1, 0.15) is 32.9 Å². The lowest BCUT2D eigenvalue weighted by Gasteiger charge is -2.24. The predicted octanol–water partition coefficient (Wildman–Crippen LogP) is 2.28. The summed E-state index contributed by atoms with van der Waals surface area (Å²) in [7, 11) is 0. The zero-order valence-electron chi connectivity index (χ0n) is 12.1. The Morgan fingerprint density at radius 1 is 1.47 bits per heavy atom. The monoisotopic (exact) mass is 264 g/mol. The molecule has 4 heteroatoms. The molecule has 0 radical (unpaired) electrons. The molecule has 1 amide bonds. The molecule has 2 heterocycles. The van der Waals surface area contributed by atoms with Crippen LogP contribution in [0.3, 0.4) is 0 Å². The fourth-order valence-corrected chi connectivity index (χ4v) is 2.56. The summed E-state index contributed by atoms with van der Waals surface area (Å²) in [5, 5.41) is 0. The Balaban J connectivity index is 2.13. The fraction of sp³-hybridized carbons (Fsp3) is 0.667. The van der Waals surface area contributed by atoms with Gasteiger partial charge in [-0.1, -0.05) is 13.8 Å². The molecule has 0 N–H and O–H groups in total. The maximum absolute atomic E-state index is 12.3. The number of hydrogen-bond donors (Lipinski definition) is 0. The van der Waals surface area contributed by atoms with Crippen LogP contribution in [-0.2, 0) is 22.6 Å². The van der Waals surface area contributed by atoms with Gasteiger partial charge < -0.3 is 14.2 Å². The molecule has 106 valence electrons. The first kappa shape index (κ1) is 14.1. The first-order valence-electron chi connectivity index (χ1n) is 7.13. The van der Waals surface area contributed by atoms with Gasteiger partial charge in [-0.3, -0.25) is 4.79 Å². The van der Waals surface area contributed by atoms with Crippen molar-refractivity contribution in [2.24, 2.45) is 5.92 Å². The standard InChI is InChI=1S/C15H24N2O2/c1-4-19-14-10-16-7-5-6-13(16)9-17(11-14)15(18)8-12(2)3/h5-7,12,14H,4,8-11H2,1-3H3/t14-/m0/s1. The summed E-state index contributed by atoms with van der Waals surface area (Å²) in [5.74, 6) is 0.627. The van der Waals surface area contributed by atoms with E-state index in [0.29, 0.717) is 32.0 Å². The van der Waals surface area contributed by atoms with Crippen molar-refractivity contribution in [3.05, 3.63) is 24.0 Å². The van der Waals surface area contributed by atoms with Gasteiger partial charge >= 0.3 is 0 Å². The van der Waals surface area contributed by atoms with Gasteiger partial charge in [-0.25, -0.2) is 0 Å². The van der Waals surface area contributed by atoms with Crippen molar-refractivity contribution < 1.29 is 9.53 Å². The molecule has 19 heavy (non-hydrogen) atoms. The number of amides is 1. The minimum absolute atomic E-state index is 0.0924. The zero-order chi connectivity index (χ0) is 13.8. The smallest absolute Gasteiger partial charge is 0.223 e. The lowest BCUT2D eigenvalue weighted by Crippen LogP contribution is -2.37. The second-order valence-corrected chi connectivity index (χ2v) is 5.60. The summed E-state index contributed by atoms with van der Waals surface area (Å²) in [6, 6.07) is 4.12. The summed E-state index contributed by atoms with van der Waals surface area (Å²) in [6.45, 7) is 9.08. The number of ether oxygens (including phenoxy) is 1. The molecule has 0 saturated carbocycles. The molecule has 4 nitrogen and oxygen atoms in total. The van der Waals surface area contributed by atoms with Crippen molar-refractivity contribution >= 4 is 5.91 Å². The maximum atomic E-state index is 12.3. The van der Waals surface area contributed by atoms with Crippen molar-refractivity contribution in [3.63, 3.8) is 0 Å². The number of fused-ring (bicyclic) bond motifs is 1. The summed E-state index contributed by atoms with van der Waals surface area (Å²) in [5.41, 5.74) is 1.19. The second-order valence-electron chi connectivity index (χ2n) is 5.60. The van der Waals surface area contributed by atoms with Crippen molar-refractivity contribution in [2.75, 3.05) is 13.2 Å². The summed E-state index contributed by atoms with van der Waals surface area (Å²) in [6.07, 6.45) is 2.77. The number of hydrogen-bond acceptors (Lipinski definition) is 2. The molecule has 1 aliphatic heterocycles. The summed E-state index contributed by atoms with van der Waals surface area (Å²) in [4.78, 5) is 14.2. The van der Waals surface area contributed by atoms with E-state index in [1.807, 2.05) is 17.9 Å². The average molecular weight is 264 g/mol. The number of carbonyl (C=O) groups is 1. The molecule has 2 rings (SSSR count). The molecule has 0 bridgehead atoms. The maximum Gasteiger partial charge on any atom is 0.223 e. The topological polar surface area (TPSA) is 34.5 Å². The van der Waals surface area contributed by atoms with Gasteiger partial charge in [0.05, 0.1) is 19.2 Å². The molecule has 1 atom stereocenters. The number of nitrogens with zero attached hydrogens (tertiary/aromatic N) is 2. The van der Waals surface area contributed by atoms with Gasteiger partial charge in [-0.05, 0) is 25.0 Å². The van der Waals surface area contributed by atoms with E-state index in [4.69, 9.17) is 4.74 Å². The van der Waals surface area contributed by atoms with Crippen molar-refractivity contribution in [1.82, 2.24) is 9.47 Å². The average Bonchev–Trinajstić information content (AvgIpc) is 2.68. The van der Waals surface area contributed by atoms with Gasteiger partial charge in [-0.15, -0.1) is 0 Å². The Morgan fingerprint density at radius 3 is 2.95 bits per heavy atom. The van der Waals surface area contributed by atoms with Gasteiger partial charge in [0.15, 0.2) is 0 Å². The van der Waals surface area contributed by atoms with E-state index in [1.54, 1.807) is 0 Å². The van der Waals surface area contributed by atoms with E-state index >= 15 is 0 Å². The second kappa shape index (κ2) is 6.24. The van der Waals surface area contributed by atoms with Crippen LogP contribution in [0.4, 0.5) is 0 Å². The van der Waals surface area contributed by atoms with Gasteiger partial charge in [0.2, 0.25) is 5.91 Å². The van der Waals surface area contributed by atoms with Crippen LogP contribution in [0.15, 0.2) is 18.3 Å². The van der Waals surface area contributed by atoms with Crippen molar-refractivity contribution in [3.8, 4) is 0 Å². The van der Waals surface area contributed by atoms with E-state index in [-0.39, 0.29) is 12.0 Å². The Morgan fingerprint density at radius 2 is 2.26 bits per heavy atom. The lowest BCUT2D eigenvalue weighted by molar-refractivity contribution is -0.134. The highest BCUT2D eigenvalue weighted by Crippen LogP contribution is 2.17. The van der Waals surface area contributed by atoms with Crippen molar-refractivity contribution in [1.29, 1.82) is 0 Å². The molecular formula is C15H24N2O2. The van der Waals surface area contributed by atoms with E-state index in [1.165, 1.54) is 5.69 Å². The van der Waals surface area contributed by atoms with E-state index in [2.05, 4.69) is 30.7 Å². The quantitative estimate of drug-likeness (QED) is 0.836. The summed E-state index contributed by atoms with van der Waals surface area (Å²) >= 11 is 0. The number of rotatable bonds is 4. The molecular weight excluding hydrogens is 240 g/mol. The normalized spacial score (nSPS) is 19.4. The highest BCUT2D eigenvalue weighted by Gasteiger charge is 2.25. The SMILES string of the molecule is CCO[C@@H]1CN(C(=O)CC(C)C)Cc2cccn2C1. The first-order valence-corrected chi connectivity index (χ1v) is 7.13. The van der Waals surface area contributed by atoms with Gasteiger partial charge in [0.1, 0.15) is 0 Å². The Kier molecular flexibility index (Phi) is 4.64. The van der Waals surface area contributed by atoms with Crippen LogP contribution >= 0.6 is 0 Å². The lowest BCUT2D eigenvalue weighted by atomic mass is 10.1. The van der Waals surface area contributed by atoms with E-state index < -0.39 is 0 Å². The molecule has 1 aliphatic rings. The van der Waals surface area contributed by atoms with Gasteiger partial charge in [0, 0.05) is 31.5 Å². The minimum Gasteiger partial charge on any atom is -0.375 e. The molecule has 0 unspecified atom stereocenters. The van der Waals surface area contributed by atoms with Gasteiger partial charge in [0.25, 0.3) is 0 Å². The minimum atomic E-state index is 0.0924. The molecule has 1 aromatic rings. The largest absolute Gasteiger partial charge is 0.375 e. The third-order valence-electron chi connectivity index (χ3n) is 3.44. The van der Waals surface area contributed by atoms with Crippen LogP contribution in [0, 0.1) is 5.92 Å². The van der Waals surface area contributed by atoms with E-state index in [0.717, 1.165) is 6.54 Å². The number of carbonyl (C=O) groups excluding carboxylic acids is 1. The predicted molar refractivity (Wildman–Crippen MR) is 74.7 cm³/mol. The molecule has 0 fully saturated rings. The van der Waals surface area contributed by atoms with Crippen LogP contribution in [-0.4, -0.2) is 34.6 Å². The van der Waals surface area contributed by atoms with Gasteiger partial charge in [-0.2, -0.15) is 0 Å². The summed E-state index contributed by atoms with van der Waals surface area (Å²) < 4.78 is 7.96. The third-order valence-corrected chi connectivity index (χ3v) is 3.44. The molecule has 0 aromatic carbocycles. The van der Waals surface area contributed by atoms with Crippen molar-refractivity contribution in [2.45, 2.75) is 46.4 Å². The molecule has 0 saturated heterocycles. The highest BCUT2D eigenvalue weighted by atomic mass is 16.5. The highest BCUT2D eigenvalue weighted by molar-refractivity contribution is 5.76. The van der Waals surface area contributed by atoms with Crippen LogP contribution in [0.5, 0.6) is 0 Å². The van der Waals surface area contributed by atoms with Crippen LogP contribution in [0.25, 0.3) is 0 Å². The van der Waals surface area contributed by atoms with E-state index in [9.17, 15) is 4.79 Å².